The molecule has 4 aromatic rings. The lowest BCUT2D eigenvalue weighted by Gasteiger charge is -2.08. The minimum absolute atomic E-state index is 0.119. The number of furan rings is 1. The molecular formula is C17H14N4O2. The van der Waals surface area contributed by atoms with Gasteiger partial charge in [-0.1, -0.05) is 18.2 Å². The van der Waals surface area contributed by atoms with Crippen molar-refractivity contribution >= 4 is 11.0 Å². The van der Waals surface area contributed by atoms with E-state index in [1.54, 1.807) is 27.8 Å². The van der Waals surface area contributed by atoms with Gasteiger partial charge in [-0.15, -0.1) is 0 Å². The largest absolute Gasteiger partial charge is 0.467 e. The zero-order chi connectivity index (χ0) is 15.8. The smallest absolute Gasteiger partial charge is 0.265 e. The average Bonchev–Trinajstić information content (AvgIpc) is 3.22. The Hall–Kier alpha value is -3.15. The number of rotatable bonds is 3. The van der Waals surface area contributed by atoms with Crippen LogP contribution in [0.3, 0.4) is 0 Å². The molecule has 0 unspecified atom stereocenters. The molecule has 0 N–H and O–H groups in total. The van der Waals surface area contributed by atoms with Crippen molar-refractivity contribution in [2.45, 2.75) is 13.5 Å². The SMILES string of the molecule is Cc1nc2c(cnn2-c2ccccc2)c(=O)n1Cc1ccco1. The van der Waals surface area contributed by atoms with E-state index < -0.39 is 0 Å². The van der Waals surface area contributed by atoms with E-state index in [0.717, 1.165) is 5.69 Å². The summed E-state index contributed by atoms with van der Waals surface area (Å²) in [6.07, 6.45) is 3.16. The van der Waals surface area contributed by atoms with E-state index in [1.165, 1.54) is 0 Å². The molecule has 0 spiro atoms. The molecule has 0 aliphatic rings. The Kier molecular flexibility index (Phi) is 3.08. The minimum Gasteiger partial charge on any atom is -0.467 e. The summed E-state index contributed by atoms with van der Waals surface area (Å²) in [5.74, 6) is 1.34. The number of aryl methyl sites for hydroxylation is 1. The van der Waals surface area contributed by atoms with Gasteiger partial charge in [-0.25, -0.2) is 9.67 Å². The molecule has 114 valence electrons. The molecule has 0 bridgehead atoms. The number of hydrogen-bond donors (Lipinski definition) is 0. The minimum atomic E-state index is -0.119. The Morgan fingerprint density at radius 2 is 1.96 bits per heavy atom. The van der Waals surface area contributed by atoms with Gasteiger partial charge in [0.15, 0.2) is 5.65 Å². The molecule has 4 rings (SSSR count). The van der Waals surface area contributed by atoms with Gasteiger partial charge in [0.25, 0.3) is 5.56 Å². The molecule has 0 fully saturated rings. The zero-order valence-corrected chi connectivity index (χ0v) is 12.5. The molecule has 3 aromatic heterocycles. The number of nitrogens with zero attached hydrogens (tertiary/aromatic N) is 4. The van der Waals surface area contributed by atoms with Crippen LogP contribution in [0.25, 0.3) is 16.7 Å². The molecule has 0 amide bonds. The Morgan fingerprint density at radius 3 is 2.70 bits per heavy atom. The summed E-state index contributed by atoms with van der Waals surface area (Å²) in [7, 11) is 0. The fraction of sp³-hybridized carbons (Fsp3) is 0.118. The third-order valence-electron chi connectivity index (χ3n) is 3.77. The van der Waals surface area contributed by atoms with Gasteiger partial charge in [0.2, 0.25) is 0 Å². The van der Waals surface area contributed by atoms with Crippen molar-refractivity contribution in [1.29, 1.82) is 0 Å². The lowest BCUT2D eigenvalue weighted by atomic mass is 10.3. The summed E-state index contributed by atoms with van der Waals surface area (Å²) < 4.78 is 8.60. The third kappa shape index (κ3) is 2.24. The van der Waals surface area contributed by atoms with E-state index in [1.807, 2.05) is 43.3 Å². The second-order valence-electron chi connectivity index (χ2n) is 5.26. The second kappa shape index (κ2) is 5.24. The summed E-state index contributed by atoms with van der Waals surface area (Å²) in [5.41, 5.74) is 1.32. The molecule has 6 nitrogen and oxygen atoms in total. The number of para-hydroxylation sites is 1. The van der Waals surface area contributed by atoms with Gasteiger partial charge in [0.05, 0.1) is 24.7 Å². The van der Waals surface area contributed by atoms with Crippen molar-refractivity contribution in [1.82, 2.24) is 19.3 Å². The van der Waals surface area contributed by atoms with Crippen LogP contribution in [-0.4, -0.2) is 19.3 Å². The van der Waals surface area contributed by atoms with Crippen molar-refractivity contribution in [3.8, 4) is 5.69 Å². The highest BCUT2D eigenvalue weighted by Crippen LogP contribution is 2.14. The highest BCUT2D eigenvalue weighted by atomic mass is 16.3. The Morgan fingerprint density at radius 1 is 1.13 bits per heavy atom. The number of hydrogen-bond acceptors (Lipinski definition) is 4. The summed E-state index contributed by atoms with van der Waals surface area (Å²) in [6, 6.07) is 13.3. The predicted octanol–water partition coefficient (Wildman–Crippen LogP) is 2.53. The van der Waals surface area contributed by atoms with E-state index in [-0.39, 0.29) is 5.56 Å². The van der Waals surface area contributed by atoms with Crippen LogP contribution in [0.2, 0.25) is 0 Å². The predicted molar refractivity (Wildman–Crippen MR) is 85.7 cm³/mol. The van der Waals surface area contributed by atoms with Crippen LogP contribution < -0.4 is 5.56 Å². The lowest BCUT2D eigenvalue weighted by molar-refractivity contribution is 0.485. The standard InChI is InChI=1S/C17H14N4O2/c1-12-19-16-15(10-18-21(16)13-6-3-2-4-7-13)17(22)20(12)11-14-8-5-9-23-14/h2-10H,11H2,1H3. The molecule has 0 aliphatic heterocycles. The van der Waals surface area contributed by atoms with E-state index >= 15 is 0 Å². The molecule has 3 heterocycles. The highest BCUT2D eigenvalue weighted by Gasteiger charge is 2.14. The van der Waals surface area contributed by atoms with Gasteiger partial charge in [-0.2, -0.15) is 5.10 Å². The van der Waals surface area contributed by atoms with Crippen molar-refractivity contribution < 1.29 is 4.42 Å². The van der Waals surface area contributed by atoms with Crippen LogP contribution in [0.15, 0.2) is 64.1 Å². The third-order valence-corrected chi connectivity index (χ3v) is 3.77. The summed E-state index contributed by atoms with van der Waals surface area (Å²) >= 11 is 0. The first kappa shape index (κ1) is 13.5. The first-order valence-electron chi connectivity index (χ1n) is 7.27. The van der Waals surface area contributed by atoms with Crippen LogP contribution in [0.4, 0.5) is 0 Å². The summed E-state index contributed by atoms with van der Waals surface area (Å²) in [4.78, 5) is 17.3. The van der Waals surface area contributed by atoms with Gasteiger partial charge in [0.1, 0.15) is 17.0 Å². The van der Waals surface area contributed by atoms with Gasteiger partial charge in [-0.05, 0) is 31.2 Å². The first-order valence-corrected chi connectivity index (χ1v) is 7.27. The van der Waals surface area contributed by atoms with E-state index in [4.69, 9.17) is 4.42 Å². The lowest BCUT2D eigenvalue weighted by Crippen LogP contribution is -2.24. The Balaban J connectivity index is 1.89. The normalized spacial score (nSPS) is 11.2. The van der Waals surface area contributed by atoms with Gasteiger partial charge < -0.3 is 4.42 Å². The van der Waals surface area contributed by atoms with Crippen LogP contribution >= 0.6 is 0 Å². The zero-order valence-electron chi connectivity index (χ0n) is 12.5. The molecule has 1 aromatic carbocycles. The van der Waals surface area contributed by atoms with E-state index in [0.29, 0.717) is 29.2 Å². The fourth-order valence-corrected chi connectivity index (χ4v) is 2.61. The fourth-order valence-electron chi connectivity index (χ4n) is 2.61. The van der Waals surface area contributed by atoms with Crippen LogP contribution in [0.1, 0.15) is 11.6 Å². The maximum Gasteiger partial charge on any atom is 0.265 e. The first-order chi connectivity index (χ1) is 11.2. The highest BCUT2D eigenvalue weighted by molar-refractivity contribution is 5.75. The van der Waals surface area contributed by atoms with Crippen LogP contribution in [0, 0.1) is 6.92 Å². The van der Waals surface area contributed by atoms with E-state index in [2.05, 4.69) is 10.1 Å². The van der Waals surface area contributed by atoms with E-state index in [9.17, 15) is 4.79 Å². The Labute approximate surface area is 131 Å². The molecule has 0 aliphatic carbocycles. The molecule has 0 atom stereocenters. The Bertz CT molecular complexity index is 1010. The monoisotopic (exact) mass is 306 g/mol. The van der Waals surface area contributed by atoms with Crippen molar-refractivity contribution in [3.05, 3.63) is 76.9 Å². The number of benzene rings is 1. The molecular weight excluding hydrogens is 292 g/mol. The van der Waals surface area contributed by atoms with Crippen molar-refractivity contribution in [2.75, 3.05) is 0 Å². The molecule has 0 saturated heterocycles. The summed E-state index contributed by atoms with van der Waals surface area (Å²) in [6.45, 7) is 2.17. The van der Waals surface area contributed by atoms with Crippen LogP contribution in [-0.2, 0) is 6.54 Å². The van der Waals surface area contributed by atoms with Gasteiger partial charge in [-0.3, -0.25) is 9.36 Å². The molecule has 23 heavy (non-hydrogen) atoms. The maximum absolute atomic E-state index is 12.7. The van der Waals surface area contributed by atoms with Crippen molar-refractivity contribution in [3.63, 3.8) is 0 Å². The number of aromatic nitrogens is 4. The maximum atomic E-state index is 12.7. The second-order valence-corrected chi connectivity index (χ2v) is 5.26. The molecule has 0 saturated carbocycles. The van der Waals surface area contributed by atoms with Gasteiger partial charge in [0, 0.05) is 0 Å². The molecule has 6 heteroatoms. The summed E-state index contributed by atoms with van der Waals surface area (Å²) in [5, 5.41) is 4.81. The average molecular weight is 306 g/mol. The van der Waals surface area contributed by atoms with Gasteiger partial charge >= 0.3 is 0 Å². The molecule has 0 radical (unpaired) electrons. The van der Waals surface area contributed by atoms with Crippen molar-refractivity contribution in [2.24, 2.45) is 0 Å². The number of fused-ring (bicyclic) bond motifs is 1. The van der Waals surface area contributed by atoms with Crippen LogP contribution in [0.5, 0.6) is 0 Å². The quantitative estimate of drug-likeness (QED) is 0.583. The topological polar surface area (TPSA) is 65.8 Å².